The molecule has 0 aromatic heterocycles. The molecule has 0 fully saturated rings. The molecule has 6 nitrogen and oxygen atoms in total. The van der Waals surface area contributed by atoms with E-state index in [1.165, 1.54) is 7.11 Å². The normalized spacial score (nSPS) is 10.2. The van der Waals surface area contributed by atoms with Crippen molar-refractivity contribution in [1.29, 1.82) is 0 Å². The van der Waals surface area contributed by atoms with Crippen molar-refractivity contribution in [2.45, 2.75) is 6.61 Å². The van der Waals surface area contributed by atoms with Gasteiger partial charge >= 0.3 is 0 Å². The highest BCUT2D eigenvalue weighted by Gasteiger charge is 2.12. The summed E-state index contributed by atoms with van der Waals surface area (Å²) < 4.78 is 10.6. The average molecular weight is 390 g/mol. The molecule has 3 aromatic carbocycles. The minimum atomic E-state index is -0.264. The maximum atomic E-state index is 12.8. The first kappa shape index (κ1) is 20.1. The summed E-state index contributed by atoms with van der Waals surface area (Å²) in [5.41, 5.74) is 2.45. The smallest absolute Gasteiger partial charge is 0.256 e. The van der Waals surface area contributed by atoms with Crippen LogP contribution in [-0.4, -0.2) is 25.5 Å². The van der Waals surface area contributed by atoms with Gasteiger partial charge in [-0.1, -0.05) is 42.5 Å². The number of methoxy groups -OCH3 is 1. The Labute approximate surface area is 169 Å². The van der Waals surface area contributed by atoms with E-state index < -0.39 is 0 Å². The fourth-order valence-corrected chi connectivity index (χ4v) is 2.75. The third-order valence-electron chi connectivity index (χ3n) is 4.08. The van der Waals surface area contributed by atoms with Crippen LogP contribution in [0.15, 0.2) is 78.9 Å². The van der Waals surface area contributed by atoms with Gasteiger partial charge in [-0.3, -0.25) is 9.59 Å². The lowest BCUT2D eigenvalue weighted by molar-refractivity contribution is -0.119. The molecule has 0 saturated heterocycles. The number of benzene rings is 3. The minimum Gasteiger partial charge on any atom is -0.489 e. The van der Waals surface area contributed by atoms with Crippen molar-refractivity contribution in [1.82, 2.24) is 0 Å². The molecule has 0 heterocycles. The van der Waals surface area contributed by atoms with E-state index in [1.54, 1.807) is 30.3 Å². The van der Waals surface area contributed by atoms with E-state index in [4.69, 9.17) is 9.47 Å². The SMILES string of the molecule is COCC(=O)Nc1cccc(NC(=O)c2ccccc2COc2ccccc2)c1. The second kappa shape index (κ2) is 10.1. The molecule has 29 heavy (non-hydrogen) atoms. The Morgan fingerprint density at radius 1 is 0.828 bits per heavy atom. The highest BCUT2D eigenvalue weighted by atomic mass is 16.5. The van der Waals surface area contributed by atoms with E-state index >= 15 is 0 Å². The van der Waals surface area contributed by atoms with Gasteiger partial charge in [-0.05, 0) is 36.4 Å². The molecule has 2 N–H and O–H groups in total. The van der Waals surface area contributed by atoms with Crippen molar-refractivity contribution < 1.29 is 19.1 Å². The number of ether oxygens (including phenoxy) is 2. The van der Waals surface area contributed by atoms with Gasteiger partial charge in [0, 0.05) is 29.6 Å². The zero-order valence-corrected chi connectivity index (χ0v) is 16.1. The lowest BCUT2D eigenvalue weighted by atomic mass is 10.1. The van der Waals surface area contributed by atoms with Gasteiger partial charge in [-0.15, -0.1) is 0 Å². The summed E-state index contributed by atoms with van der Waals surface area (Å²) in [5, 5.41) is 5.58. The Kier molecular flexibility index (Phi) is 6.97. The molecule has 3 aromatic rings. The van der Waals surface area contributed by atoms with Gasteiger partial charge in [-0.25, -0.2) is 0 Å². The Bertz CT molecular complexity index is 973. The fraction of sp³-hybridized carbons (Fsp3) is 0.130. The van der Waals surface area contributed by atoms with E-state index in [1.807, 2.05) is 48.5 Å². The van der Waals surface area contributed by atoms with E-state index in [2.05, 4.69) is 10.6 Å². The molecule has 0 unspecified atom stereocenters. The minimum absolute atomic E-state index is 0.0363. The fourth-order valence-electron chi connectivity index (χ4n) is 2.75. The van der Waals surface area contributed by atoms with Gasteiger partial charge in [0.2, 0.25) is 5.91 Å². The van der Waals surface area contributed by atoms with Crippen LogP contribution in [0.1, 0.15) is 15.9 Å². The molecule has 2 amide bonds. The first-order valence-electron chi connectivity index (χ1n) is 9.11. The summed E-state index contributed by atoms with van der Waals surface area (Å²) in [7, 11) is 1.45. The van der Waals surface area contributed by atoms with Gasteiger partial charge in [-0.2, -0.15) is 0 Å². The number of carbonyl (C=O) groups is 2. The molecule has 0 bridgehead atoms. The molecule has 0 aliphatic rings. The van der Waals surface area contributed by atoms with Crippen LogP contribution in [0, 0.1) is 0 Å². The van der Waals surface area contributed by atoms with Gasteiger partial charge in [0.1, 0.15) is 19.0 Å². The largest absolute Gasteiger partial charge is 0.489 e. The molecule has 0 aliphatic heterocycles. The number of hydrogen-bond donors (Lipinski definition) is 2. The Morgan fingerprint density at radius 3 is 2.28 bits per heavy atom. The molecule has 3 rings (SSSR count). The maximum absolute atomic E-state index is 12.8. The van der Waals surface area contributed by atoms with Crippen molar-refractivity contribution >= 4 is 23.2 Å². The molecule has 0 atom stereocenters. The van der Waals surface area contributed by atoms with Crippen LogP contribution in [0.5, 0.6) is 5.75 Å². The van der Waals surface area contributed by atoms with Gasteiger partial charge < -0.3 is 20.1 Å². The number of nitrogens with one attached hydrogen (secondary N) is 2. The first-order chi connectivity index (χ1) is 14.2. The third kappa shape index (κ3) is 5.92. The van der Waals surface area contributed by atoms with Crippen LogP contribution in [0.3, 0.4) is 0 Å². The van der Waals surface area contributed by atoms with Crippen LogP contribution in [0.2, 0.25) is 0 Å². The third-order valence-corrected chi connectivity index (χ3v) is 4.08. The van der Waals surface area contributed by atoms with Crippen LogP contribution < -0.4 is 15.4 Å². The van der Waals surface area contributed by atoms with Crippen molar-refractivity contribution in [3.05, 3.63) is 90.0 Å². The molecule has 0 radical (unpaired) electrons. The zero-order chi connectivity index (χ0) is 20.5. The number of anilines is 2. The summed E-state index contributed by atoms with van der Waals surface area (Å²) in [6.07, 6.45) is 0. The Morgan fingerprint density at radius 2 is 1.52 bits per heavy atom. The topological polar surface area (TPSA) is 76.7 Å². The molecule has 0 aliphatic carbocycles. The highest BCUT2D eigenvalue weighted by molar-refractivity contribution is 6.05. The van der Waals surface area contributed by atoms with Crippen molar-refractivity contribution in [3.8, 4) is 5.75 Å². The average Bonchev–Trinajstić information content (AvgIpc) is 2.73. The van der Waals surface area contributed by atoms with E-state index in [0.717, 1.165) is 11.3 Å². The van der Waals surface area contributed by atoms with Gasteiger partial charge in [0.05, 0.1) is 0 Å². The van der Waals surface area contributed by atoms with Crippen LogP contribution in [0.4, 0.5) is 11.4 Å². The Hall–Kier alpha value is -3.64. The number of amides is 2. The summed E-state index contributed by atoms with van der Waals surface area (Å²) >= 11 is 0. The number of para-hydroxylation sites is 1. The lowest BCUT2D eigenvalue weighted by Crippen LogP contribution is -2.18. The summed E-state index contributed by atoms with van der Waals surface area (Å²) in [5.74, 6) is 0.222. The van der Waals surface area contributed by atoms with Crippen LogP contribution >= 0.6 is 0 Å². The number of carbonyl (C=O) groups excluding carboxylic acids is 2. The van der Waals surface area contributed by atoms with E-state index in [0.29, 0.717) is 16.9 Å². The molecular formula is C23H22N2O4. The lowest BCUT2D eigenvalue weighted by Gasteiger charge is -2.12. The molecule has 148 valence electrons. The quantitative estimate of drug-likeness (QED) is 0.607. The van der Waals surface area contributed by atoms with Crippen molar-refractivity contribution in [2.75, 3.05) is 24.4 Å². The second-order valence-electron chi connectivity index (χ2n) is 6.27. The van der Waals surface area contributed by atoms with Crippen LogP contribution in [0.25, 0.3) is 0 Å². The molecule has 0 spiro atoms. The number of rotatable bonds is 8. The summed E-state index contributed by atoms with van der Waals surface area (Å²) in [6, 6.07) is 23.7. The predicted octanol–water partition coefficient (Wildman–Crippen LogP) is 4.10. The zero-order valence-electron chi connectivity index (χ0n) is 16.1. The monoisotopic (exact) mass is 390 g/mol. The Balaban J connectivity index is 1.69. The predicted molar refractivity (Wildman–Crippen MR) is 112 cm³/mol. The van der Waals surface area contributed by atoms with Crippen molar-refractivity contribution in [2.24, 2.45) is 0 Å². The van der Waals surface area contributed by atoms with Crippen LogP contribution in [-0.2, 0) is 16.1 Å². The molecule has 0 saturated carbocycles. The summed E-state index contributed by atoms with van der Waals surface area (Å²) in [4.78, 5) is 24.5. The first-order valence-corrected chi connectivity index (χ1v) is 9.11. The summed E-state index contributed by atoms with van der Waals surface area (Å²) in [6.45, 7) is 0.242. The van der Waals surface area contributed by atoms with Crippen molar-refractivity contribution in [3.63, 3.8) is 0 Å². The van der Waals surface area contributed by atoms with E-state index in [-0.39, 0.29) is 25.0 Å². The van der Waals surface area contributed by atoms with Gasteiger partial charge in [0.25, 0.3) is 5.91 Å². The standard InChI is InChI=1S/C23H22N2O4/c1-28-16-22(26)24-18-9-7-10-19(14-18)25-23(27)21-13-6-5-8-17(21)15-29-20-11-3-2-4-12-20/h2-14H,15-16H2,1H3,(H,24,26)(H,25,27). The maximum Gasteiger partial charge on any atom is 0.256 e. The second-order valence-corrected chi connectivity index (χ2v) is 6.27. The highest BCUT2D eigenvalue weighted by Crippen LogP contribution is 2.19. The van der Waals surface area contributed by atoms with E-state index in [9.17, 15) is 9.59 Å². The molecule has 6 heteroatoms. The molecular weight excluding hydrogens is 368 g/mol. The number of hydrogen-bond acceptors (Lipinski definition) is 4. The van der Waals surface area contributed by atoms with Gasteiger partial charge in [0.15, 0.2) is 0 Å².